The van der Waals surface area contributed by atoms with Crippen molar-refractivity contribution in [1.29, 1.82) is 0 Å². The second-order valence-corrected chi connectivity index (χ2v) is 3.22. The summed E-state index contributed by atoms with van der Waals surface area (Å²) in [5.41, 5.74) is 0. The van der Waals surface area contributed by atoms with Gasteiger partial charge in [0.15, 0.2) is 0 Å². The largest absolute Gasteiger partial charge is 0.399 e. The van der Waals surface area contributed by atoms with Gasteiger partial charge in [-0.05, 0) is 6.92 Å². The standard InChI is InChI=1S/C5H12O6S/c1-2-10-12(8,9)11-4-5(7)3-6/h5-7H,2-4H2,1H3. The van der Waals surface area contributed by atoms with E-state index in [0.717, 1.165) is 0 Å². The average molecular weight is 200 g/mol. The SMILES string of the molecule is CCOS(=O)(=O)OCC(O)CO. The molecule has 0 aliphatic heterocycles. The molecule has 12 heavy (non-hydrogen) atoms. The highest BCUT2D eigenvalue weighted by atomic mass is 32.3. The van der Waals surface area contributed by atoms with Crippen molar-refractivity contribution in [2.45, 2.75) is 13.0 Å². The van der Waals surface area contributed by atoms with Gasteiger partial charge in [0.25, 0.3) is 0 Å². The van der Waals surface area contributed by atoms with E-state index in [1.807, 2.05) is 0 Å². The van der Waals surface area contributed by atoms with Gasteiger partial charge >= 0.3 is 10.4 Å². The summed E-state index contributed by atoms with van der Waals surface area (Å²) in [5, 5.41) is 17.0. The van der Waals surface area contributed by atoms with Crippen LogP contribution in [0.4, 0.5) is 0 Å². The van der Waals surface area contributed by atoms with Crippen LogP contribution in [0, 0.1) is 0 Å². The molecule has 0 rings (SSSR count). The van der Waals surface area contributed by atoms with Crippen LogP contribution in [-0.4, -0.2) is 44.6 Å². The van der Waals surface area contributed by atoms with Crippen molar-refractivity contribution in [1.82, 2.24) is 0 Å². The number of aliphatic hydroxyl groups excluding tert-OH is 2. The average Bonchev–Trinajstić information content (AvgIpc) is 2.00. The zero-order valence-electron chi connectivity index (χ0n) is 6.63. The second kappa shape index (κ2) is 5.44. The maximum atomic E-state index is 10.6. The topological polar surface area (TPSA) is 93.1 Å². The van der Waals surface area contributed by atoms with Gasteiger partial charge in [-0.3, -0.25) is 0 Å². The minimum atomic E-state index is -4.01. The summed E-state index contributed by atoms with van der Waals surface area (Å²) >= 11 is 0. The Morgan fingerprint density at radius 2 is 2.00 bits per heavy atom. The van der Waals surface area contributed by atoms with E-state index in [1.54, 1.807) is 0 Å². The van der Waals surface area contributed by atoms with Crippen LogP contribution in [0.2, 0.25) is 0 Å². The summed E-state index contributed by atoms with van der Waals surface area (Å²) in [4.78, 5) is 0. The van der Waals surface area contributed by atoms with Crippen LogP contribution in [-0.2, 0) is 18.8 Å². The molecule has 0 bridgehead atoms. The van der Waals surface area contributed by atoms with Gasteiger partial charge in [0.2, 0.25) is 0 Å². The van der Waals surface area contributed by atoms with Gasteiger partial charge in [-0.2, -0.15) is 8.42 Å². The highest BCUT2D eigenvalue weighted by Crippen LogP contribution is 1.96. The van der Waals surface area contributed by atoms with Crippen LogP contribution in [0.5, 0.6) is 0 Å². The predicted octanol–water partition coefficient (Wildman–Crippen LogP) is -1.36. The van der Waals surface area contributed by atoms with Crippen LogP contribution in [0.1, 0.15) is 6.92 Å². The zero-order valence-corrected chi connectivity index (χ0v) is 7.45. The molecule has 0 radical (unpaired) electrons. The fourth-order valence-corrected chi connectivity index (χ4v) is 1.07. The molecule has 0 fully saturated rings. The molecule has 0 heterocycles. The summed E-state index contributed by atoms with van der Waals surface area (Å²) < 4.78 is 29.6. The van der Waals surface area contributed by atoms with E-state index in [1.165, 1.54) is 6.92 Å². The monoisotopic (exact) mass is 200 g/mol. The molecule has 1 atom stereocenters. The van der Waals surface area contributed by atoms with E-state index in [4.69, 9.17) is 10.2 Å². The Morgan fingerprint density at radius 3 is 2.42 bits per heavy atom. The Kier molecular flexibility index (Phi) is 5.34. The summed E-state index contributed by atoms with van der Waals surface area (Å²) in [7, 11) is -4.01. The fourth-order valence-electron chi connectivity index (χ4n) is 0.393. The van der Waals surface area contributed by atoms with Crippen molar-refractivity contribution >= 4 is 10.4 Å². The Balaban J connectivity index is 3.76. The molecular formula is C5H12O6S. The molecule has 0 saturated heterocycles. The van der Waals surface area contributed by atoms with Crippen LogP contribution in [0.3, 0.4) is 0 Å². The maximum Gasteiger partial charge on any atom is 0.399 e. The van der Waals surface area contributed by atoms with E-state index in [9.17, 15) is 8.42 Å². The van der Waals surface area contributed by atoms with Crippen LogP contribution >= 0.6 is 0 Å². The van der Waals surface area contributed by atoms with Gasteiger partial charge in [-0.15, -0.1) is 0 Å². The lowest BCUT2D eigenvalue weighted by Crippen LogP contribution is -2.23. The number of hydrogen-bond acceptors (Lipinski definition) is 6. The first-order valence-electron chi connectivity index (χ1n) is 3.34. The smallest absolute Gasteiger partial charge is 0.394 e. The van der Waals surface area contributed by atoms with Crippen molar-refractivity contribution < 1.29 is 27.0 Å². The Bertz CT molecular complexity index is 198. The van der Waals surface area contributed by atoms with Crippen molar-refractivity contribution in [2.75, 3.05) is 19.8 Å². The van der Waals surface area contributed by atoms with Gasteiger partial charge in [0.1, 0.15) is 6.10 Å². The number of hydrogen-bond donors (Lipinski definition) is 2. The molecule has 0 amide bonds. The van der Waals surface area contributed by atoms with Crippen molar-refractivity contribution in [3.63, 3.8) is 0 Å². The Labute approximate surface area is 71.1 Å². The number of rotatable bonds is 6. The van der Waals surface area contributed by atoms with Gasteiger partial charge in [-0.25, -0.2) is 8.37 Å². The third kappa shape index (κ3) is 5.44. The third-order valence-corrected chi connectivity index (χ3v) is 1.83. The molecule has 0 aliphatic carbocycles. The molecule has 0 aromatic heterocycles. The lowest BCUT2D eigenvalue weighted by atomic mass is 10.4. The van der Waals surface area contributed by atoms with Gasteiger partial charge in [0, 0.05) is 0 Å². The maximum absolute atomic E-state index is 10.6. The Morgan fingerprint density at radius 1 is 1.42 bits per heavy atom. The molecular weight excluding hydrogens is 188 g/mol. The lowest BCUT2D eigenvalue weighted by Gasteiger charge is -2.07. The molecule has 7 heteroatoms. The minimum absolute atomic E-state index is 0.0302. The number of aliphatic hydroxyl groups is 2. The third-order valence-electron chi connectivity index (χ3n) is 0.878. The highest BCUT2D eigenvalue weighted by molar-refractivity contribution is 7.81. The summed E-state index contributed by atoms with van der Waals surface area (Å²) in [6.45, 7) is 0.404. The molecule has 0 aromatic carbocycles. The fraction of sp³-hybridized carbons (Fsp3) is 1.00. The van der Waals surface area contributed by atoms with Crippen LogP contribution in [0.15, 0.2) is 0 Å². The molecule has 2 N–H and O–H groups in total. The van der Waals surface area contributed by atoms with E-state index in [-0.39, 0.29) is 6.61 Å². The van der Waals surface area contributed by atoms with Gasteiger partial charge in [-0.1, -0.05) is 0 Å². The Hall–Kier alpha value is -0.210. The van der Waals surface area contributed by atoms with Crippen molar-refractivity contribution in [2.24, 2.45) is 0 Å². The molecule has 74 valence electrons. The lowest BCUT2D eigenvalue weighted by molar-refractivity contribution is 0.0492. The first-order chi connectivity index (χ1) is 5.52. The molecule has 0 aromatic rings. The quantitative estimate of drug-likeness (QED) is 0.550. The summed E-state index contributed by atoms with van der Waals surface area (Å²) in [5.74, 6) is 0. The van der Waals surface area contributed by atoms with E-state index < -0.39 is 29.7 Å². The van der Waals surface area contributed by atoms with Gasteiger partial charge < -0.3 is 10.2 Å². The normalized spacial score (nSPS) is 14.6. The second-order valence-electron chi connectivity index (χ2n) is 1.94. The molecule has 1 unspecified atom stereocenters. The first-order valence-corrected chi connectivity index (χ1v) is 4.68. The van der Waals surface area contributed by atoms with Crippen molar-refractivity contribution in [3.05, 3.63) is 0 Å². The van der Waals surface area contributed by atoms with E-state index in [2.05, 4.69) is 8.37 Å². The zero-order chi connectivity index (χ0) is 9.61. The summed E-state index contributed by atoms with van der Waals surface area (Å²) in [6.07, 6.45) is -1.21. The van der Waals surface area contributed by atoms with Crippen LogP contribution in [0.25, 0.3) is 0 Å². The molecule has 0 spiro atoms. The summed E-state index contributed by atoms with van der Waals surface area (Å²) in [6, 6.07) is 0. The van der Waals surface area contributed by atoms with E-state index >= 15 is 0 Å². The molecule has 6 nitrogen and oxygen atoms in total. The highest BCUT2D eigenvalue weighted by Gasteiger charge is 2.13. The van der Waals surface area contributed by atoms with E-state index in [0.29, 0.717) is 0 Å². The van der Waals surface area contributed by atoms with Crippen LogP contribution < -0.4 is 0 Å². The van der Waals surface area contributed by atoms with Crippen molar-refractivity contribution in [3.8, 4) is 0 Å². The minimum Gasteiger partial charge on any atom is -0.394 e. The predicted molar refractivity (Wildman–Crippen MR) is 39.6 cm³/mol. The first kappa shape index (κ1) is 11.8. The van der Waals surface area contributed by atoms with Gasteiger partial charge in [0.05, 0.1) is 19.8 Å². The molecule has 0 saturated carbocycles. The molecule has 0 aliphatic rings.